The van der Waals surface area contributed by atoms with E-state index in [-0.39, 0.29) is 0 Å². The second-order valence-electron chi connectivity index (χ2n) is 6.86. The SMILES string of the molecule is S=c1nc(-c2ccccc2)[nH]n1CN1CCC[C@@H]2CCCC[C@@H]21. The number of fused-ring (bicyclic) bond motifs is 1. The fourth-order valence-corrected chi connectivity index (χ4v) is 4.46. The number of nitrogens with one attached hydrogen (secondary N) is 1. The number of piperidine rings is 1. The van der Waals surface area contributed by atoms with E-state index in [0.29, 0.717) is 4.77 Å². The lowest BCUT2D eigenvalue weighted by molar-refractivity contribution is 0.0324. The standard InChI is InChI=1S/C18H24N4S/c23-18-19-17(15-8-2-1-3-9-15)20-22(18)13-21-12-6-10-14-7-4-5-11-16(14)21/h1-3,8-9,14,16H,4-7,10-13H2,(H,19,20,23)/t14-,16-/m0/s1. The van der Waals surface area contributed by atoms with E-state index in [1.807, 2.05) is 22.9 Å². The molecule has 4 nitrogen and oxygen atoms in total. The predicted molar refractivity (Wildman–Crippen MR) is 94.5 cm³/mol. The highest BCUT2D eigenvalue weighted by Gasteiger charge is 2.33. The molecule has 1 saturated heterocycles. The van der Waals surface area contributed by atoms with Gasteiger partial charge in [-0.05, 0) is 43.8 Å². The van der Waals surface area contributed by atoms with E-state index in [0.717, 1.165) is 30.0 Å². The van der Waals surface area contributed by atoms with Gasteiger partial charge in [0.1, 0.15) is 0 Å². The quantitative estimate of drug-likeness (QED) is 0.857. The van der Waals surface area contributed by atoms with Gasteiger partial charge in [-0.3, -0.25) is 10.00 Å². The maximum atomic E-state index is 5.48. The number of aromatic nitrogens is 3. The molecule has 2 atom stereocenters. The summed E-state index contributed by atoms with van der Waals surface area (Å²) in [4.78, 5) is 7.17. The molecular formula is C18H24N4S. The molecule has 122 valence electrons. The third-order valence-corrected chi connectivity index (χ3v) is 5.72. The van der Waals surface area contributed by atoms with Crippen molar-refractivity contribution in [3.63, 3.8) is 0 Å². The monoisotopic (exact) mass is 328 g/mol. The first-order valence-corrected chi connectivity index (χ1v) is 9.18. The summed E-state index contributed by atoms with van der Waals surface area (Å²) in [5.41, 5.74) is 1.09. The normalized spacial score (nSPS) is 25.2. The Kier molecular flexibility index (Phi) is 4.31. The maximum absolute atomic E-state index is 5.48. The van der Waals surface area contributed by atoms with Crippen molar-refractivity contribution in [1.29, 1.82) is 0 Å². The second-order valence-corrected chi connectivity index (χ2v) is 7.22. The van der Waals surface area contributed by atoms with Crippen LogP contribution in [0, 0.1) is 10.7 Å². The van der Waals surface area contributed by atoms with Gasteiger partial charge in [0.05, 0.1) is 6.67 Å². The number of H-pyrrole nitrogens is 1. The number of nitrogens with zero attached hydrogens (tertiary/aromatic N) is 3. The average molecular weight is 328 g/mol. The molecule has 1 aliphatic carbocycles. The summed E-state index contributed by atoms with van der Waals surface area (Å²) in [7, 11) is 0. The summed E-state index contributed by atoms with van der Waals surface area (Å²) in [6.07, 6.45) is 8.26. The molecule has 1 aromatic heterocycles. The molecule has 2 aromatic rings. The van der Waals surface area contributed by atoms with Gasteiger partial charge in [0.15, 0.2) is 5.82 Å². The fraction of sp³-hybridized carbons (Fsp3) is 0.556. The lowest BCUT2D eigenvalue weighted by atomic mass is 9.78. The lowest BCUT2D eigenvalue weighted by Crippen LogP contribution is -2.47. The van der Waals surface area contributed by atoms with Gasteiger partial charge in [0.2, 0.25) is 4.77 Å². The van der Waals surface area contributed by atoms with Crippen molar-refractivity contribution < 1.29 is 0 Å². The van der Waals surface area contributed by atoms with Gasteiger partial charge < -0.3 is 0 Å². The molecule has 0 radical (unpaired) electrons. The summed E-state index contributed by atoms with van der Waals surface area (Å²) in [6, 6.07) is 11.0. The Morgan fingerprint density at radius 1 is 1.09 bits per heavy atom. The minimum absolute atomic E-state index is 0.654. The highest BCUT2D eigenvalue weighted by molar-refractivity contribution is 7.71. The Balaban J connectivity index is 1.54. The topological polar surface area (TPSA) is 36.9 Å². The maximum Gasteiger partial charge on any atom is 0.217 e. The minimum atomic E-state index is 0.654. The number of benzene rings is 1. The van der Waals surface area contributed by atoms with E-state index >= 15 is 0 Å². The number of rotatable bonds is 3. The molecule has 23 heavy (non-hydrogen) atoms. The third kappa shape index (κ3) is 3.12. The summed E-state index contributed by atoms with van der Waals surface area (Å²) in [5, 5.41) is 3.40. The first-order chi connectivity index (χ1) is 11.3. The van der Waals surface area contributed by atoms with Crippen LogP contribution < -0.4 is 0 Å². The summed E-state index contributed by atoms with van der Waals surface area (Å²) in [5.74, 6) is 1.76. The van der Waals surface area contributed by atoms with Crippen molar-refractivity contribution in [2.75, 3.05) is 6.54 Å². The molecule has 0 bridgehead atoms. The zero-order chi connectivity index (χ0) is 15.6. The average Bonchev–Trinajstić information content (AvgIpc) is 2.97. The van der Waals surface area contributed by atoms with Crippen LogP contribution >= 0.6 is 12.2 Å². The van der Waals surface area contributed by atoms with Crippen molar-refractivity contribution >= 4 is 12.2 Å². The van der Waals surface area contributed by atoms with E-state index in [9.17, 15) is 0 Å². The molecule has 1 saturated carbocycles. The molecule has 1 aromatic carbocycles. The smallest absolute Gasteiger partial charge is 0.217 e. The van der Waals surface area contributed by atoms with Crippen LogP contribution in [0.4, 0.5) is 0 Å². The molecule has 5 heteroatoms. The number of likely N-dealkylation sites (tertiary alicyclic amines) is 1. The minimum Gasteiger partial charge on any atom is -0.281 e. The Morgan fingerprint density at radius 2 is 1.87 bits per heavy atom. The van der Waals surface area contributed by atoms with Crippen molar-refractivity contribution in [3.05, 3.63) is 35.1 Å². The summed E-state index contributed by atoms with van der Waals surface area (Å²) in [6.45, 7) is 2.03. The van der Waals surface area contributed by atoms with E-state index in [4.69, 9.17) is 12.2 Å². The second kappa shape index (κ2) is 6.57. The van der Waals surface area contributed by atoms with Crippen LogP contribution in [0.5, 0.6) is 0 Å². The molecular weight excluding hydrogens is 304 g/mol. The summed E-state index contributed by atoms with van der Waals surface area (Å²) >= 11 is 5.48. The number of aromatic amines is 1. The third-order valence-electron chi connectivity index (χ3n) is 5.41. The Bertz CT molecular complexity index is 703. The van der Waals surface area contributed by atoms with Crippen molar-refractivity contribution in [2.24, 2.45) is 5.92 Å². The lowest BCUT2D eigenvalue weighted by Gasteiger charge is -2.44. The first-order valence-electron chi connectivity index (χ1n) is 8.77. The van der Waals surface area contributed by atoms with Gasteiger partial charge in [0, 0.05) is 18.2 Å². The fourth-order valence-electron chi connectivity index (χ4n) is 4.26. The molecule has 1 N–H and O–H groups in total. The van der Waals surface area contributed by atoms with Gasteiger partial charge in [-0.1, -0.05) is 43.2 Å². The Labute approximate surface area is 142 Å². The molecule has 4 rings (SSSR count). The molecule has 2 aliphatic rings. The van der Waals surface area contributed by atoms with Gasteiger partial charge in [0.25, 0.3) is 0 Å². The molecule has 0 amide bonds. The van der Waals surface area contributed by atoms with Gasteiger partial charge >= 0.3 is 0 Å². The summed E-state index contributed by atoms with van der Waals surface area (Å²) < 4.78 is 2.69. The van der Waals surface area contributed by atoms with Gasteiger partial charge in [-0.2, -0.15) is 4.98 Å². The molecule has 1 aliphatic heterocycles. The van der Waals surface area contributed by atoms with Crippen LogP contribution in [0.3, 0.4) is 0 Å². The van der Waals surface area contributed by atoms with Gasteiger partial charge in [-0.25, -0.2) is 4.68 Å². The predicted octanol–water partition coefficient (Wildman–Crippen LogP) is 4.22. The number of hydrogen-bond donors (Lipinski definition) is 1. The highest BCUT2D eigenvalue weighted by atomic mass is 32.1. The van der Waals surface area contributed by atoms with Crippen LogP contribution in [-0.4, -0.2) is 32.3 Å². The van der Waals surface area contributed by atoms with Crippen LogP contribution in [-0.2, 0) is 6.67 Å². The molecule has 2 heterocycles. The van der Waals surface area contributed by atoms with Crippen molar-refractivity contribution in [2.45, 2.75) is 51.2 Å². The zero-order valence-corrected chi connectivity index (χ0v) is 14.3. The molecule has 0 spiro atoms. The number of hydrogen-bond acceptors (Lipinski definition) is 3. The van der Waals surface area contributed by atoms with Crippen molar-refractivity contribution in [1.82, 2.24) is 19.7 Å². The van der Waals surface area contributed by atoms with Crippen molar-refractivity contribution in [3.8, 4) is 11.4 Å². The largest absolute Gasteiger partial charge is 0.281 e. The van der Waals surface area contributed by atoms with E-state index in [2.05, 4.69) is 27.1 Å². The Hall–Kier alpha value is -1.46. The van der Waals surface area contributed by atoms with Crippen LogP contribution in [0.1, 0.15) is 38.5 Å². The van der Waals surface area contributed by atoms with Crippen LogP contribution in [0.2, 0.25) is 0 Å². The van der Waals surface area contributed by atoms with Crippen LogP contribution in [0.15, 0.2) is 30.3 Å². The van der Waals surface area contributed by atoms with E-state index < -0.39 is 0 Å². The van der Waals surface area contributed by atoms with E-state index in [1.165, 1.54) is 45.1 Å². The highest BCUT2D eigenvalue weighted by Crippen LogP contribution is 2.35. The zero-order valence-electron chi connectivity index (χ0n) is 13.4. The van der Waals surface area contributed by atoms with E-state index in [1.54, 1.807) is 0 Å². The Morgan fingerprint density at radius 3 is 2.74 bits per heavy atom. The molecule has 2 fully saturated rings. The van der Waals surface area contributed by atoms with Gasteiger partial charge in [-0.15, -0.1) is 0 Å². The molecule has 0 unspecified atom stereocenters. The first kappa shape index (κ1) is 15.1. The van der Waals surface area contributed by atoms with Crippen LogP contribution in [0.25, 0.3) is 11.4 Å².